The summed E-state index contributed by atoms with van der Waals surface area (Å²) in [6, 6.07) is 0. The highest BCUT2D eigenvalue weighted by atomic mass is 16.3. The van der Waals surface area contributed by atoms with Crippen LogP contribution in [0.2, 0.25) is 0 Å². The molecule has 0 saturated heterocycles. The molecule has 0 aromatic rings. The largest absolute Gasteiger partial charge is 0.393 e. The van der Waals surface area contributed by atoms with Crippen molar-refractivity contribution < 1.29 is 5.11 Å². The van der Waals surface area contributed by atoms with Crippen molar-refractivity contribution >= 4 is 0 Å². The first kappa shape index (κ1) is 11.0. The van der Waals surface area contributed by atoms with Gasteiger partial charge in [-0.05, 0) is 37.0 Å². The Balaban J connectivity index is 2.49. The second-order valence-electron chi connectivity index (χ2n) is 4.70. The molecule has 0 aromatic heterocycles. The first-order chi connectivity index (χ1) is 6.19. The monoisotopic (exact) mass is 184 g/mol. The van der Waals surface area contributed by atoms with Crippen molar-refractivity contribution in [1.82, 2.24) is 0 Å². The van der Waals surface area contributed by atoms with E-state index in [1.807, 2.05) is 0 Å². The molecule has 0 heterocycles. The first-order valence-corrected chi connectivity index (χ1v) is 5.87. The van der Waals surface area contributed by atoms with Gasteiger partial charge in [-0.2, -0.15) is 0 Å². The fraction of sp³-hybridized carbons (Fsp3) is 1.00. The average molecular weight is 184 g/mol. The second kappa shape index (κ2) is 4.99. The van der Waals surface area contributed by atoms with E-state index in [4.69, 9.17) is 0 Å². The summed E-state index contributed by atoms with van der Waals surface area (Å²) in [5.74, 6) is 2.15. The van der Waals surface area contributed by atoms with E-state index in [1.165, 1.54) is 25.7 Å². The van der Waals surface area contributed by atoms with Crippen molar-refractivity contribution in [3.63, 3.8) is 0 Å². The third kappa shape index (κ3) is 2.70. The molecule has 1 nitrogen and oxygen atoms in total. The molecule has 0 aromatic carbocycles. The molecule has 0 bridgehead atoms. The molecule has 0 aliphatic heterocycles. The van der Waals surface area contributed by atoms with Gasteiger partial charge in [-0.15, -0.1) is 0 Å². The summed E-state index contributed by atoms with van der Waals surface area (Å²) in [5, 5.41) is 9.88. The van der Waals surface area contributed by atoms with Gasteiger partial charge in [0.25, 0.3) is 0 Å². The lowest BCUT2D eigenvalue weighted by atomic mass is 9.72. The van der Waals surface area contributed by atoms with Crippen LogP contribution in [0.3, 0.4) is 0 Å². The summed E-state index contributed by atoms with van der Waals surface area (Å²) in [6.45, 7) is 6.79. The van der Waals surface area contributed by atoms with Crippen LogP contribution in [0, 0.1) is 17.8 Å². The average Bonchev–Trinajstić information content (AvgIpc) is 2.17. The molecular weight excluding hydrogens is 160 g/mol. The molecule has 4 atom stereocenters. The van der Waals surface area contributed by atoms with E-state index in [1.54, 1.807) is 0 Å². The molecule has 78 valence electrons. The van der Waals surface area contributed by atoms with Gasteiger partial charge in [0.15, 0.2) is 0 Å². The van der Waals surface area contributed by atoms with Gasteiger partial charge in [-0.1, -0.05) is 33.6 Å². The SMILES string of the molecule is CCC1CCC(O)C(C(C)CC)C1. The van der Waals surface area contributed by atoms with Gasteiger partial charge in [0.1, 0.15) is 0 Å². The summed E-state index contributed by atoms with van der Waals surface area (Å²) < 4.78 is 0. The van der Waals surface area contributed by atoms with Crippen LogP contribution in [0.5, 0.6) is 0 Å². The van der Waals surface area contributed by atoms with Gasteiger partial charge < -0.3 is 5.11 Å². The number of aliphatic hydroxyl groups excluding tert-OH is 1. The van der Waals surface area contributed by atoms with E-state index in [0.29, 0.717) is 11.8 Å². The fourth-order valence-electron chi connectivity index (χ4n) is 2.57. The Kier molecular flexibility index (Phi) is 4.24. The third-order valence-electron chi connectivity index (χ3n) is 3.92. The summed E-state index contributed by atoms with van der Waals surface area (Å²) in [7, 11) is 0. The van der Waals surface area contributed by atoms with Crippen LogP contribution < -0.4 is 0 Å². The molecule has 1 N–H and O–H groups in total. The van der Waals surface area contributed by atoms with Crippen LogP contribution in [0.15, 0.2) is 0 Å². The Hall–Kier alpha value is -0.0400. The highest BCUT2D eigenvalue weighted by Crippen LogP contribution is 2.36. The van der Waals surface area contributed by atoms with E-state index in [0.717, 1.165) is 12.3 Å². The summed E-state index contributed by atoms with van der Waals surface area (Å²) >= 11 is 0. The van der Waals surface area contributed by atoms with Crippen LogP contribution in [-0.2, 0) is 0 Å². The van der Waals surface area contributed by atoms with Gasteiger partial charge in [-0.3, -0.25) is 0 Å². The van der Waals surface area contributed by atoms with Crippen LogP contribution in [0.4, 0.5) is 0 Å². The van der Waals surface area contributed by atoms with E-state index in [2.05, 4.69) is 20.8 Å². The zero-order chi connectivity index (χ0) is 9.84. The summed E-state index contributed by atoms with van der Waals surface area (Å²) in [6.07, 6.45) is 6.01. The Morgan fingerprint density at radius 1 is 1.31 bits per heavy atom. The highest BCUT2D eigenvalue weighted by Gasteiger charge is 2.31. The zero-order valence-electron chi connectivity index (χ0n) is 9.29. The minimum Gasteiger partial charge on any atom is -0.393 e. The smallest absolute Gasteiger partial charge is 0.0571 e. The van der Waals surface area contributed by atoms with Crippen LogP contribution >= 0.6 is 0 Å². The molecule has 0 amide bonds. The standard InChI is InChI=1S/C12H24O/c1-4-9(3)11-8-10(5-2)6-7-12(11)13/h9-13H,4-8H2,1-3H3. The molecule has 1 saturated carbocycles. The van der Waals surface area contributed by atoms with E-state index < -0.39 is 0 Å². The fourth-order valence-corrected chi connectivity index (χ4v) is 2.57. The molecule has 13 heavy (non-hydrogen) atoms. The number of hydrogen-bond donors (Lipinski definition) is 1. The van der Waals surface area contributed by atoms with Gasteiger partial charge in [-0.25, -0.2) is 0 Å². The zero-order valence-corrected chi connectivity index (χ0v) is 9.29. The Morgan fingerprint density at radius 2 is 2.00 bits per heavy atom. The molecular formula is C12H24O. The van der Waals surface area contributed by atoms with Crippen molar-refractivity contribution in [2.75, 3.05) is 0 Å². The van der Waals surface area contributed by atoms with Gasteiger partial charge in [0, 0.05) is 0 Å². The molecule has 1 rings (SSSR count). The summed E-state index contributed by atoms with van der Waals surface area (Å²) in [4.78, 5) is 0. The third-order valence-corrected chi connectivity index (χ3v) is 3.92. The van der Waals surface area contributed by atoms with Gasteiger partial charge >= 0.3 is 0 Å². The van der Waals surface area contributed by atoms with Crippen molar-refractivity contribution in [3.05, 3.63) is 0 Å². The maximum absolute atomic E-state index is 9.88. The Morgan fingerprint density at radius 3 is 2.54 bits per heavy atom. The van der Waals surface area contributed by atoms with Crippen LogP contribution in [0.25, 0.3) is 0 Å². The van der Waals surface area contributed by atoms with Crippen molar-refractivity contribution in [1.29, 1.82) is 0 Å². The Bertz CT molecular complexity index is 140. The lowest BCUT2D eigenvalue weighted by Gasteiger charge is -2.36. The molecule has 0 radical (unpaired) electrons. The van der Waals surface area contributed by atoms with Crippen molar-refractivity contribution in [2.24, 2.45) is 17.8 Å². The predicted octanol–water partition coefficient (Wildman–Crippen LogP) is 3.22. The number of aliphatic hydroxyl groups is 1. The van der Waals surface area contributed by atoms with E-state index in [9.17, 15) is 5.11 Å². The van der Waals surface area contributed by atoms with Gasteiger partial charge in [0.05, 0.1) is 6.10 Å². The second-order valence-corrected chi connectivity index (χ2v) is 4.70. The van der Waals surface area contributed by atoms with Crippen LogP contribution in [-0.4, -0.2) is 11.2 Å². The van der Waals surface area contributed by atoms with Gasteiger partial charge in [0.2, 0.25) is 0 Å². The molecule has 4 unspecified atom stereocenters. The minimum absolute atomic E-state index is 0.0160. The lowest BCUT2D eigenvalue weighted by Crippen LogP contribution is -2.33. The quantitative estimate of drug-likeness (QED) is 0.714. The molecule has 0 spiro atoms. The number of rotatable bonds is 3. The van der Waals surface area contributed by atoms with E-state index >= 15 is 0 Å². The molecule has 1 fully saturated rings. The maximum atomic E-state index is 9.88. The Labute approximate surface area is 82.5 Å². The molecule has 1 heteroatoms. The summed E-state index contributed by atoms with van der Waals surface area (Å²) in [5.41, 5.74) is 0. The highest BCUT2D eigenvalue weighted by molar-refractivity contribution is 4.81. The normalized spacial score (nSPS) is 37.4. The maximum Gasteiger partial charge on any atom is 0.0571 e. The van der Waals surface area contributed by atoms with Crippen molar-refractivity contribution in [2.45, 2.75) is 59.0 Å². The van der Waals surface area contributed by atoms with Crippen LogP contribution in [0.1, 0.15) is 52.9 Å². The topological polar surface area (TPSA) is 20.2 Å². The predicted molar refractivity (Wildman–Crippen MR) is 56.6 cm³/mol. The minimum atomic E-state index is -0.0160. The molecule has 1 aliphatic carbocycles. The molecule has 1 aliphatic rings. The first-order valence-electron chi connectivity index (χ1n) is 5.87. The van der Waals surface area contributed by atoms with Crippen molar-refractivity contribution in [3.8, 4) is 0 Å². The number of hydrogen-bond acceptors (Lipinski definition) is 1. The lowest BCUT2D eigenvalue weighted by molar-refractivity contribution is 0.0192. The van der Waals surface area contributed by atoms with E-state index in [-0.39, 0.29) is 6.10 Å².